The number of benzene rings is 1. The van der Waals surface area contributed by atoms with E-state index in [1.165, 1.54) is 6.33 Å². The van der Waals surface area contributed by atoms with Gasteiger partial charge in [-0.3, -0.25) is 9.78 Å². The van der Waals surface area contributed by atoms with Gasteiger partial charge in [-0.15, -0.1) is 0 Å². The lowest BCUT2D eigenvalue weighted by Gasteiger charge is -2.15. The third-order valence-electron chi connectivity index (χ3n) is 3.03. The van der Waals surface area contributed by atoms with Crippen LogP contribution in [-0.4, -0.2) is 31.0 Å². The predicted molar refractivity (Wildman–Crippen MR) is 84.8 cm³/mol. The second-order valence-electron chi connectivity index (χ2n) is 4.84. The summed E-state index contributed by atoms with van der Waals surface area (Å²) < 4.78 is 2.89. The lowest BCUT2D eigenvalue weighted by atomic mass is 10.2. The van der Waals surface area contributed by atoms with Gasteiger partial charge in [0.1, 0.15) is 6.33 Å². The number of rotatable bonds is 5. The SMILES string of the molecule is CC(Cn1cc(Br)cn1)Nc1cccc(-c2ncn[nH]2)c1. The van der Waals surface area contributed by atoms with Crippen LogP contribution in [0.25, 0.3) is 11.4 Å². The van der Waals surface area contributed by atoms with Crippen LogP contribution in [0.15, 0.2) is 47.5 Å². The maximum absolute atomic E-state index is 4.26. The van der Waals surface area contributed by atoms with E-state index >= 15 is 0 Å². The van der Waals surface area contributed by atoms with E-state index in [9.17, 15) is 0 Å². The molecular weight excluding hydrogens is 332 g/mol. The highest BCUT2D eigenvalue weighted by molar-refractivity contribution is 9.10. The monoisotopic (exact) mass is 346 g/mol. The molecule has 0 saturated heterocycles. The van der Waals surface area contributed by atoms with Crippen LogP contribution in [0.5, 0.6) is 0 Å². The number of halogens is 1. The standard InChI is InChI=1S/C14H15BrN6/c1-10(7-21-8-12(15)6-18-21)19-13-4-2-3-11(5-13)14-16-9-17-20-14/h2-6,8-10,19H,7H2,1H3,(H,16,17,20). The molecule has 3 aromatic rings. The van der Waals surface area contributed by atoms with Crippen LogP contribution >= 0.6 is 15.9 Å². The third kappa shape index (κ3) is 3.49. The Morgan fingerprint density at radius 1 is 1.43 bits per heavy atom. The zero-order valence-corrected chi connectivity index (χ0v) is 13.1. The number of nitrogens with zero attached hydrogens (tertiary/aromatic N) is 4. The number of aromatic nitrogens is 5. The Morgan fingerprint density at radius 2 is 2.33 bits per heavy atom. The molecule has 0 amide bonds. The molecule has 108 valence electrons. The summed E-state index contributed by atoms with van der Waals surface area (Å²) in [4.78, 5) is 4.16. The minimum Gasteiger partial charge on any atom is -0.381 e. The first-order valence-corrected chi connectivity index (χ1v) is 7.40. The minimum absolute atomic E-state index is 0.252. The van der Waals surface area contributed by atoms with Crippen molar-refractivity contribution < 1.29 is 0 Å². The van der Waals surface area contributed by atoms with Crippen molar-refractivity contribution in [3.05, 3.63) is 47.5 Å². The van der Waals surface area contributed by atoms with Crippen molar-refractivity contribution in [2.24, 2.45) is 0 Å². The summed E-state index contributed by atoms with van der Waals surface area (Å²) in [7, 11) is 0. The molecule has 0 saturated carbocycles. The van der Waals surface area contributed by atoms with Gasteiger partial charge in [0.25, 0.3) is 0 Å². The van der Waals surface area contributed by atoms with Gasteiger partial charge in [-0.2, -0.15) is 10.2 Å². The summed E-state index contributed by atoms with van der Waals surface area (Å²) in [6.07, 6.45) is 5.26. The number of hydrogen-bond donors (Lipinski definition) is 2. The van der Waals surface area contributed by atoms with Gasteiger partial charge in [0.05, 0.1) is 17.2 Å². The van der Waals surface area contributed by atoms with Crippen LogP contribution in [0.4, 0.5) is 5.69 Å². The van der Waals surface area contributed by atoms with Crippen LogP contribution in [0.2, 0.25) is 0 Å². The molecule has 6 nitrogen and oxygen atoms in total. The van der Waals surface area contributed by atoms with Gasteiger partial charge in [0.2, 0.25) is 0 Å². The van der Waals surface area contributed by atoms with Crippen molar-refractivity contribution in [3.63, 3.8) is 0 Å². The molecule has 0 bridgehead atoms. The third-order valence-corrected chi connectivity index (χ3v) is 3.44. The normalized spacial score (nSPS) is 12.3. The molecule has 0 radical (unpaired) electrons. The van der Waals surface area contributed by atoms with Gasteiger partial charge in [0.15, 0.2) is 5.82 Å². The Kier molecular flexibility index (Phi) is 4.01. The number of anilines is 1. The number of nitrogens with one attached hydrogen (secondary N) is 2. The molecule has 3 rings (SSSR count). The van der Waals surface area contributed by atoms with E-state index in [0.29, 0.717) is 0 Å². The second-order valence-corrected chi connectivity index (χ2v) is 5.76. The van der Waals surface area contributed by atoms with Gasteiger partial charge < -0.3 is 5.32 Å². The molecule has 2 heterocycles. The predicted octanol–water partition coefficient (Wildman–Crippen LogP) is 2.93. The molecular formula is C14H15BrN6. The summed E-state index contributed by atoms with van der Waals surface area (Å²) in [6.45, 7) is 2.91. The fraction of sp³-hybridized carbons (Fsp3) is 0.214. The maximum atomic E-state index is 4.26. The van der Waals surface area contributed by atoms with E-state index in [4.69, 9.17) is 0 Å². The molecule has 0 aliphatic carbocycles. The zero-order chi connectivity index (χ0) is 14.7. The Balaban J connectivity index is 1.68. The van der Waals surface area contributed by atoms with E-state index in [-0.39, 0.29) is 6.04 Å². The first-order valence-electron chi connectivity index (χ1n) is 6.61. The smallest absolute Gasteiger partial charge is 0.155 e. The average molecular weight is 347 g/mol. The first-order chi connectivity index (χ1) is 10.2. The Morgan fingerprint density at radius 3 is 3.05 bits per heavy atom. The summed E-state index contributed by atoms with van der Waals surface area (Å²) in [5.41, 5.74) is 2.05. The van der Waals surface area contributed by atoms with Crippen LogP contribution in [-0.2, 0) is 6.54 Å². The molecule has 0 aliphatic rings. The van der Waals surface area contributed by atoms with Crippen molar-refractivity contribution in [1.82, 2.24) is 25.0 Å². The van der Waals surface area contributed by atoms with Crippen molar-refractivity contribution in [3.8, 4) is 11.4 Å². The lowest BCUT2D eigenvalue weighted by Crippen LogP contribution is -2.22. The molecule has 7 heteroatoms. The lowest BCUT2D eigenvalue weighted by molar-refractivity contribution is 0.561. The van der Waals surface area contributed by atoms with Gasteiger partial charge in [-0.1, -0.05) is 12.1 Å². The molecule has 21 heavy (non-hydrogen) atoms. The Hall–Kier alpha value is -2.15. The average Bonchev–Trinajstić information content (AvgIpc) is 3.11. The van der Waals surface area contributed by atoms with Crippen molar-refractivity contribution in [1.29, 1.82) is 0 Å². The number of hydrogen-bond acceptors (Lipinski definition) is 4. The van der Waals surface area contributed by atoms with E-state index in [0.717, 1.165) is 28.1 Å². The zero-order valence-electron chi connectivity index (χ0n) is 11.5. The van der Waals surface area contributed by atoms with E-state index < -0.39 is 0 Å². The summed E-state index contributed by atoms with van der Waals surface area (Å²) in [5, 5.41) is 14.5. The Bertz CT molecular complexity index is 706. The molecule has 0 fully saturated rings. The van der Waals surface area contributed by atoms with Crippen molar-refractivity contribution in [2.75, 3.05) is 5.32 Å². The van der Waals surface area contributed by atoms with Gasteiger partial charge in [-0.05, 0) is 35.0 Å². The van der Waals surface area contributed by atoms with Crippen LogP contribution in [0.1, 0.15) is 6.92 Å². The summed E-state index contributed by atoms with van der Waals surface area (Å²) >= 11 is 3.40. The minimum atomic E-state index is 0.252. The van der Waals surface area contributed by atoms with E-state index in [1.54, 1.807) is 6.20 Å². The van der Waals surface area contributed by atoms with Gasteiger partial charge in [0, 0.05) is 23.5 Å². The van der Waals surface area contributed by atoms with Gasteiger partial charge >= 0.3 is 0 Å². The second kappa shape index (κ2) is 6.09. The first kappa shape index (κ1) is 13.8. The molecule has 1 aromatic carbocycles. The molecule has 0 aliphatic heterocycles. The fourth-order valence-corrected chi connectivity index (χ4v) is 2.48. The quantitative estimate of drug-likeness (QED) is 0.744. The van der Waals surface area contributed by atoms with Crippen molar-refractivity contribution >= 4 is 21.6 Å². The summed E-state index contributed by atoms with van der Waals surface area (Å²) in [6, 6.07) is 8.34. The molecule has 1 unspecified atom stereocenters. The van der Waals surface area contributed by atoms with Crippen LogP contribution < -0.4 is 5.32 Å². The van der Waals surface area contributed by atoms with Crippen LogP contribution in [0.3, 0.4) is 0 Å². The van der Waals surface area contributed by atoms with Gasteiger partial charge in [-0.25, -0.2) is 4.98 Å². The highest BCUT2D eigenvalue weighted by atomic mass is 79.9. The molecule has 0 spiro atoms. The van der Waals surface area contributed by atoms with E-state index in [1.807, 2.05) is 29.1 Å². The highest BCUT2D eigenvalue weighted by Crippen LogP contribution is 2.19. The number of H-pyrrole nitrogens is 1. The largest absolute Gasteiger partial charge is 0.381 e. The highest BCUT2D eigenvalue weighted by Gasteiger charge is 2.06. The Labute approximate surface area is 130 Å². The van der Waals surface area contributed by atoms with E-state index in [2.05, 4.69) is 54.5 Å². The fourth-order valence-electron chi connectivity index (χ4n) is 2.15. The van der Waals surface area contributed by atoms with Crippen LogP contribution in [0, 0.1) is 0 Å². The maximum Gasteiger partial charge on any atom is 0.155 e. The number of aromatic amines is 1. The molecule has 2 N–H and O–H groups in total. The summed E-state index contributed by atoms with van der Waals surface area (Å²) in [5.74, 6) is 0.766. The molecule has 1 atom stereocenters. The topological polar surface area (TPSA) is 71.4 Å². The molecule has 2 aromatic heterocycles. The van der Waals surface area contributed by atoms with Crippen molar-refractivity contribution in [2.45, 2.75) is 19.5 Å².